The van der Waals surface area contributed by atoms with Gasteiger partial charge in [-0.3, -0.25) is 14.3 Å². The Labute approximate surface area is 208 Å². The van der Waals surface area contributed by atoms with Crippen LogP contribution >= 0.6 is 0 Å². The third-order valence-electron chi connectivity index (χ3n) is 5.81. The Hall–Kier alpha value is -3.96. The second kappa shape index (κ2) is 11.6. The maximum absolute atomic E-state index is 12.3. The fourth-order valence-electron chi connectivity index (χ4n) is 3.89. The van der Waals surface area contributed by atoms with E-state index in [1.165, 1.54) is 0 Å². The predicted molar refractivity (Wildman–Crippen MR) is 133 cm³/mol. The first kappa shape index (κ1) is 25.1. The van der Waals surface area contributed by atoms with E-state index >= 15 is 0 Å². The number of nitrogens with zero attached hydrogens (tertiary/aromatic N) is 5. The molecule has 2 aromatic carbocycles. The summed E-state index contributed by atoms with van der Waals surface area (Å²) in [6.45, 7) is 4.65. The van der Waals surface area contributed by atoms with Crippen LogP contribution in [0.15, 0.2) is 57.8 Å². The van der Waals surface area contributed by atoms with Gasteiger partial charge in [0.05, 0.1) is 45.3 Å². The number of carbonyl (C=O) groups is 1. The molecule has 190 valence electrons. The van der Waals surface area contributed by atoms with Crippen molar-refractivity contribution < 1.29 is 28.9 Å². The minimum absolute atomic E-state index is 0.0533. The average Bonchev–Trinajstić information content (AvgIpc) is 3.17. The third-order valence-corrected chi connectivity index (χ3v) is 5.81. The van der Waals surface area contributed by atoms with Gasteiger partial charge < -0.3 is 24.2 Å². The molecule has 4 rings (SSSR count). The average molecular weight is 496 g/mol. The lowest BCUT2D eigenvalue weighted by atomic mass is 10.1. The zero-order valence-corrected chi connectivity index (χ0v) is 20.5. The molecule has 1 aliphatic heterocycles. The van der Waals surface area contributed by atoms with Gasteiger partial charge in [0.1, 0.15) is 0 Å². The van der Waals surface area contributed by atoms with Gasteiger partial charge in [-0.05, 0) is 31.2 Å². The summed E-state index contributed by atoms with van der Waals surface area (Å²) < 4.78 is 17.7. The zero-order valence-electron chi connectivity index (χ0n) is 20.5. The number of hydrogen-bond acceptors (Lipinski definition) is 9. The van der Waals surface area contributed by atoms with Gasteiger partial charge in [0.25, 0.3) is 0 Å². The maximum atomic E-state index is 12.3. The molecule has 0 atom stereocenters. The number of aromatic nitrogens is 1. The second-order valence-corrected chi connectivity index (χ2v) is 8.10. The molecule has 1 fully saturated rings. The van der Waals surface area contributed by atoms with E-state index in [-0.39, 0.29) is 11.6 Å². The first-order valence-electron chi connectivity index (χ1n) is 11.5. The van der Waals surface area contributed by atoms with Gasteiger partial charge in [-0.25, -0.2) is 0 Å². The Morgan fingerprint density at radius 2 is 1.83 bits per heavy atom. The van der Waals surface area contributed by atoms with Crippen LogP contribution in [0.4, 0.5) is 5.69 Å². The van der Waals surface area contributed by atoms with Crippen LogP contribution in [0, 0.1) is 0 Å². The van der Waals surface area contributed by atoms with Crippen LogP contribution in [0.3, 0.4) is 0 Å². The number of rotatable bonds is 9. The van der Waals surface area contributed by atoms with Crippen LogP contribution in [-0.2, 0) is 21.0 Å². The van der Waals surface area contributed by atoms with Gasteiger partial charge in [-0.1, -0.05) is 23.4 Å². The number of amides is 1. The Morgan fingerprint density at radius 1 is 1.08 bits per heavy atom. The lowest BCUT2D eigenvalue weighted by Gasteiger charge is -2.27. The number of morpholine rings is 1. The minimum atomic E-state index is -0.636. The molecule has 0 unspecified atom stereocenters. The number of benzene rings is 2. The predicted octanol–water partition coefficient (Wildman–Crippen LogP) is 3.70. The van der Waals surface area contributed by atoms with Crippen molar-refractivity contribution in [2.24, 2.45) is 15.4 Å². The molecule has 36 heavy (non-hydrogen) atoms. The fourth-order valence-corrected chi connectivity index (χ4v) is 3.89. The molecule has 3 aromatic rings. The van der Waals surface area contributed by atoms with Gasteiger partial charge in [-0.15, -0.1) is 10.2 Å². The molecule has 1 amide bonds. The van der Waals surface area contributed by atoms with E-state index in [2.05, 4.69) is 20.3 Å². The summed E-state index contributed by atoms with van der Waals surface area (Å²) in [5, 5.41) is 23.3. The highest BCUT2D eigenvalue weighted by Gasteiger charge is 2.20. The fraction of sp³-hybridized carbons (Fsp3) is 0.360. The van der Waals surface area contributed by atoms with E-state index in [0.29, 0.717) is 42.5 Å². The van der Waals surface area contributed by atoms with Crippen molar-refractivity contribution in [3.63, 3.8) is 0 Å². The molecule has 0 spiro atoms. The molecule has 1 aromatic heterocycles. The molecule has 1 saturated heterocycles. The van der Waals surface area contributed by atoms with E-state index in [1.54, 1.807) is 43.9 Å². The number of methoxy groups -OCH3 is 2. The van der Waals surface area contributed by atoms with Crippen LogP contribution in [0.25, 0.3) is 10.9 Å². The van der Waals surface area contributed by atoms with Gasteiger partial charge in [0, 0.05) is 24.0 Å². The van der Waals surface area contributed by atoms with E-state index < -0.39 is 12.5 Å². The van der Waals surface area contributed by atoms with E-state index in [0.717, 1.165) is 24.2 Å². The molecule has 0 saturated carbocycles. The van der Waals surface area contributed by atoms with Crippen molar-refractivity contribution in [3.8, 4) is 17.4 Å². The number of carbonyl (C=O) groups excluding carboxylic acids is 1. The molecule has 0 radical (unpaired) electrons. The molecular formula is C25H29N5O6. The molecule has 1 N–H and O–H groups in total. The van der Waals surface area contributed by atoms with Crippen molar-refractivity contribution >= 4 is 28.2 Å². The summed E-state index contributed by atoms with van der Waals surface area (Å²) in [5.74, 6) is 0.466. The largest absolute Gasteiger partial charge is 0.493 e. The van der Waals surface area contributed by atoms with Crippen LogP contribution in [0.5, 0.6) is 17.4 Å². The highest BCUT2D eigenvalue weighted by Crippen LogP contribution is 2.39. The van der Waals surface area contributed by atoms with Crippen molar-refractivity contribution in [2.75, 3.05) is 47.1 Å². The summed E-state index contributed by atoms with van der Waals surface area (Å²) in [5.41, 5.74) is 2.33. The summed E-state index contributed by atoms with van der Waals surface area (Å²) in [6.07, 6.45) is 0. The topological polar surface area (TPSA) is 119 Å². The van der Waals surface area contributed by atoms with E-state index in [4.69, 9.17) is 19.0 Å². The molecule has 11 heteroatoms. The highest BCUT2D eigenvalue weighted by molar-refractivity contribution is 5.99. The first-order chi connectivity index (χ1) is 17.5. The molecule has 0 bridgehead atoms. The number of hydrogen-bond donors (Lipinski definition) is 1. The Kier molecular flexibility index (Phi) is 8.13. The van der Waals surface area contributed by atoms with Crippen molar-refractivity contribution in [1.82, 2.24) is 9.47 Å². The van der Waals surface area contributed by atoms with Crippen LogP contribution in [-0.4, -0.2) is 73.3 Å². The number of ether oxygens (including phenoxy) is 3. The van der Waals surface area contributed by atoms with Crippen molar-refractivity contribution in [3.05, 3.63) is 48.0 Å². The monoisotopic (exact) mass is 495 g/mol. The highest BCUT2D eigenvalue weighted by atomic mass is 16.6. The number of azo groups is 1. The summed E-state index contributed by atoms with van der Waals surface area (Å²) in [7, 11) is 3.11. The zero-order chi connectivity index (χ0) is 25.5. The smallest absolute Gasteiger partial charge is 0.304 e. The van der Waals surface area contributed by atoms with Crippen LogP contribution < -0.4 is 9.47 Å². The normalized spacial score (nSPS) is 14.9. The summed E-state index contributed by atoms with van der Waals surface area (Å²) in [4.78, 5) is 19.6. The van der Waals surface area contributed by atoms with Gasteiger partial charge in [0.2, 0.25) is 5.88 Å². The van der Waals surface area contributed by atoms with Crippen molar-refractivity contribution in [1.29, 1.82) is 0 Å². The Balaban J connectivity index is 1.43. The maximum Gasteiger partial charge on any atom is 0.304 e. The number of oxime groups is 1. The molecule has 0 aliphatic carbocycles. The Bertz CT molecular complexity index is 1280. The van der Waals surface area contributed by atoms with E-state index in [1.807, 2.05) is 24.3 Å². The SMILES string of the molecule is COc1ccc(/C(C)=N/OCC(=O)N=Nc2c(O)n(CN3CCOCC3)c3ccccc23)cc1OC. The van der Waals surface area contributed by atoms with Crippen LogP contribution in [0.1, 0.15) is 12.5 Å². The molecule has 1 aliphatic rings. The Morgan fingerprint density at radius 3 is 2.58 bits per heavy atom. The molecule has 2 heterocycles. The number of fused-ring (bicyclic) bond motifs is 1. The second-order valence-electron chi connectivity index (χ2n) is 8.10. The van der Waals surface area contributed by atoms with Gasteiger partial charge >= 0.3 is 5.91 Å². The van der Waals surface area contributed by atoms with Gasteiger partial charge in [0.15, 0.2) is 23.8 Å². The molecular weight excluding hydrogens is 466 g/mol. The standard InChI is InChI=1S/C25H29N5O6/c1-17(18-8-9-21(33-2)22(14-18)34-3)28-36-15-23(31)26-27-24-19-6-4-5-7-20(19)30(25(24)32)16-29-10-12-35-13-11-29/h4-9,14,32H,10-13,15-16H2,1-3H3/b27-26?,28-17+. The summed E-state index contributed by atoms with van der Waals surface area (Å²) in [6, 6.07) is 12.8. The van der Waals surface area contributed by atoms with Gasteiger partial charge in [-0.2, -0.15) is 0 Å². The number of para-hydroxylation sites is 1. The minimum Gasteiger partial charge on any atom is -0.493 e. The van der Waals surface area contributed by atoms with E-state index in [9.17, 15) is 9.90 Å². The van der Waals surface area contributed by atoms with Crippen LogP contribution in [0.2, 0.25) is 0 Å². The quantitative estimate of drug-likeness (QED) is 0.273. The van der Waals surface area contributed by atoms with Crippen molar-refractivity contribution in [2.45, 2.75) is 13.6 Å². The lowest BCUT2D eigenvalue weighted by Crippen LogP contribution is -2.37. The number of aromatic hydroxyl groups is 1. The first-order valence-corrected chi connectivity index (χ1v) is 11.5. The lowest BCUT2D eigenvalue weighted by molar-refractivity contribution is -0.122. The molecule has 11 nitrogen and oxygen atoms in total. The third kappa shape index (κ3) is 5.64. The summed E-state index contributed by atoms with van der Waals surface area (Å²) >= 11 is 0.